The van der Waals surface area contributed by atoms with Crippen LogP contribution in [0.4, 0.5) is 0 Å². The molecule has 0 aromatic heterocycles. The zero-order valence-electron chi connectivity index (χ0n) is 9.09. The molecule has 4 nitrogen and oxygen atoms in total. The van der Waals surface area contributed by atoms with E-state index in [1.165, 1.54) is 11.0 Å². The highest BCUT2D eigenvalue weighted by atomic mass is 16.2. The fourth-order valence-corrected chi connectivity index (χ4v) is 1.78. The number of nitriles is 1. The average molecular weight is 226 g/mol. The molecule has 0 radical (unpaired) electrons. The topological polar surface area (TPSA) is 61.2 Å². The van der Waals surface area contributed by atoms with E-state index in [1.807, 2.05) is 6.07 Å². The highest BCUT2D eigenvalue weighted by Crippen LogP contribution is 2.22. The summed E-state index contributed by atoms with van der Waals surface area (Å²) in [7, 11) is 0. The Labute approximate surface area is 98.8 Å². The predicted molar refractivity (Wildman–Crippen MR) is 61.2 cm³/mol. The molecule has 0 spiro atoms. The second kappa shape index (κ2) is 4.62. The third-order valence-electron chi connectivity index (χ3n) is 2.59. The van der Waals surface area contributed by atoms with Gasteiger partial charge < -0.3 is 0 Å². The fraction of sp³-hybridized carbons (Fsp3) is 0.154. The number of carbonyl (C=O) groups is 2. The Morgan fingerprint density at radius 2 is 1.76 bits per heavy atom. The SMILES string of the molecule is N#C/C=C/CCN1C(=O)c2ccccc2C1=O. The zero-order valence-corrected chi connectivity index (χ0v) is 9.09. The summed E-state index contributed by atoms with van der Waals surface area (Å²) in [5.41, 5.74) is 0.920. The van der Waals surface area contributed by atoms with E-state index in [4.69, 9.17) is 5.26 Å². The Morgan fingerprint density at radius 1 is 1.18 bits per heavy atom. The van der Waals surface area contributed by atoms with Crippen molar-refractivity contribution < 1.29 is 9.59 Å². The summed E-state index contributed by atoms with van der Waals surface area (Å²) in [5, 5.41) is 8.32. The average Bonchev–Trinajstić information content (AvgIpc) is 2.60. The smallest absolute Gasteiger partial charge is 0.261 e. The van der Waals surface area contributed by atoms with E-state index in [9.17, 15) is 9.59 Å². The van der Waals surface area contributed by atoms with Gasteiger partial charge in [-0.2, -0.15) is 5.26 Å². The summed E-state index contributed by atoms with van der Waals surface area (Å²) in [5.74, 6) is -0.507. The van der Waals surface area contributed by atoms with Gasteiger partial charge in [0, 0.05) is 12.6 Å². The summed E-state index contributed by atoms with van der Waals surface area (Å²) in [6.45, 7) is 0.310. The van der Waals surface area contributed by atoms with Crippen molar-refractivity contribution in [1.82, 2.24) is 4.90 Å². The minimum absolute atomic E-state index is 0.254. The number of rotatable bonds is 3. The second-order valence-electron chi connectivity index (χ2n) is 3.63. The molecule has 0 unspecified atom stereocenters. The monoisotopic (exact) mass is 226 g/mol. The van der Waals surface area contributed by atoms with Crippen molar-refractivity contribution >= 4 is 11.8 Å². The van der Waals surface area contributed by atoms with Gasteiger partial charge in [0.05, 0.1) is 17.2 Å². The molecule has 1 aromatic rings. The number of fused-ring (bicyclic) bond motifs is 1. The van der Waals surface area contributed by atoms with Gasteiger partial charge >= 0.3 is 0 Å². The summed E-state index contributed by atoms with van der Waals surface area (Å²) in [6, 6.07) is 8.65. The van der Waals surface area contributed by atoms with Crippen LogP contribution in [0.2, 0.25) is 0 Å². The van der Waals surface area contributed by atoms with Crippen molar-refractivity contribution in [2.45, 2.75) is 6.42 Å². The minimum atomic E-state index is -0.254. The molecule has 0 saturated carbocycles. The molecular weight excluding hydrogens is 216 g/mol. The van der Waals surface area contributed by atoms with Gasteiger partial charge in [-0.25, -0.2) is 0 Å². The first kappa shape index (κ1) is 11.1. The first-order valence-corrected chi connectivity index (χ1v) is 5.25. The molecule has 0 saturated heterocycles. The Balaban J connectivity index is 2.14. The van der Waals surface area contributed by atoms with Crippen LogP contribution in [0.5, 0.6) is 0 Å². The van der Waals surface area contributed by atoms with Crippen LogP contribution in [0.3, 0.4) is 0 Å². The number of allylic oxidation sites excluding steroid dienone is 1. The standard InChI is InChI=1S/C13H10N2O2/c14-8-4-1-5-9-15-12(16)10-6-2-3-7-11(10)13(15)17/h1-4,6-7H,5,9H2/b4-1+. The lowest BCUT2D eigenvalue weighted by Gasteiger charge is -2.11. The molecule has 1 aromatic carbocycles. The van der Waals surface area contributed by atoms with Gasteiger partial charge in [-0.15, -0.1) is 0 Å². The number of nitrogens with zero attached hydrogens (tertiary/aromatic N) is 2. The molecule has 1 aliphatic heterocycles. The maximum absolute atomic E-state index is 11.9. The lowest BCUT2D eigenvalue weighted by atomic mass is 10.1. The lowest BCUT2D eigenvalue weighted by Crippen LogP contribution is -2.30. The van der Waals surface area contributed by atoms with Crippen molar-refractivity contribution in [2.24, 2.45) is 0 Å². The normalized spacial score (nSPS) is 14.2. The van der Waals surface area contributed by atoms with Crippen LogP contribution in [0.25, 0.3) is 0 Å². The highest BCUT2D eigenvalue weighted by molar-refractivity contribution is 6.21. The number of hydrogen-bond acceptors (Lipinski definition) is 3. The van der Waals surface area contributed by atoms with Crippen LogP contribution in [0.15, 0.2) is 36.4 Å². The Morgan fingerprint density at radius 3 is 2.29 bits per heavy atom. The van der Waals surface area contributed by atoms with Crippen molar-refractivity contribution in [3.05, 3.63) is 47.5 Å². The largest absolute Gasteiger partial charge is 0.274 e. The molecule has 2 rings (SSSR count). The van der Waals surface area contributed by atoms with E-state index in [0.29, 0.717) is 24.1 Å². The maximum atomic E-state index is 11.9. The Kier molecular flexibility index (Phi) is 3.01. The van der Waals surface area contributed by atoms with Gasteiger partial charge in [0.15, 0.2) is 0 Å². The number of benzene rings is 1. The first-order chi connectivity index (χ1) is 8.25. The van der Waals surface area contributed by atoms with Gasteiger partial charge in [0.1, 0.15) is 0 Å². The quantitative estimate of drug-likeness (QED) is 0.582. The van der Waals surface area contributed by atoms with E-state index >= 15 is 0 Å². The zero-order chi connectivity index (χ0) is 12.3. The van der Waals surface area contributed by atoms with E-state index in [2.05, 4.69) is 0 Å². The van der Waals surface area contributed by atoms with Crippen LogP contribution in [0.1, 0.15) is 27.1 Å². The molecular formula is C13H10N2O2. The van der Waals surface area contributed by atoms with Crippen LogP contribution in [-0.4, -0.2) is 23.3 Å². The number of carbonyl (C=O) groups excluding carboxylic acids is 2. The van der Waals surface area contributed by atoms with Gasteiger partial charge in [-0.1, -0.05) is 18.2 Å². The molecule has 84 valence electrons. The Bertz CT molecular complexity index is 506. The summed E-state index contributed by atoms with van der Waals surface area (Å²) < 4.78 is 0. The molecule has 4 heteroatoms. The van der Waals surface area contributed by atoms with Crippen molar-refractivity contribution in [3.63, 3.8) is 0 Å². The molecule has 0 N–H and O–H groups in total. The lowest BCUT2D eigenvalue weighted by molar-refractivity contribution is 0.0657. The summed E-state index contributed by atoms with van der Waals surface area (Å²) in [4.78, 5) is 25.0. The fourth-order valence-electron chi connectivity index (χ4n) is 1.78. The second-order valence-corrected chi connectivity index (χ2v) is 3.63. The van der Waals surface area contributed by atoms with E-state index < -0.39 is 0 Å². The van der Waals surface area contributed by atoms with Crippen LogP contribution < -0.4 is 0 Å². The molecule has 0 bridgehead atoms. The van der Waals surface area contributed by atoms with E-state index in [-0.39, 0.29) is 11.8 Å². The van der Waals surface area contributed by atoms with Crippen molar-refractivity contribution in [1.29, 1.82) is 5.26 Å². The third kappa shape index (κ3) is 1.95. The third-order valence-corrected chi connectivity index (χ3v) is 2.59. The predicted octanol–water partition coefficient (Wildman–Crippen LogP) is 1.75. The molecule has 1 aliphatic rings. The molecule has 2 amide bonds. The van der Waals surface area contributed by atoms with Crippen molar-refractivity contribution in [3.8, 4) is 6.07 Å². The molecule has 0 atom stereocenters. The van der Waals surface area contributed by atoms with Crippen molar-refractivity contribution in [2.75, 3.05) is 6.54 Å². The maximum Gasteiger partial charge on any atom is 0.261 e. The molecule has 0 aliphatic carbocycles. The number of hydrogen-bond donors (Lipinski definition) is 0. The molecule has 17 heavy (non-hydrogen) atoms. The minimum Gasteiger partial charge on any atom is -0.274 e. The molecule has 1 heterocycles. The van der Waals surface area contributed by atoms with E-state index in [1.54, 1.807) is 30.3 Å². The van der Waals surface area contributed by atoms with Crippen LogP contribution in [0, 0.1) is 11.3 Å². The summed E-state index contributed by atoms with van der Waals surface area (Å²) in [6.07, 6.45) is 3.49. The van der Waals surface area contributed by atoms with Crippen LogP contribution in [-0.2, 0) is 0 Å². The van der Waals surface area contributed by atoms with E-state index in [0.717, 1.165) is 0 Å². The van der Waals surface area contributed by atoms with Gasteiger partial charge in [-0.05, 0) is 18.6 Å². The number of imide groups is 1. The summed E-state index contributed by atoms with van der Waals surface area (Å²) >= 11 is 0. The first-order valence-electron chi connectivity index (χ1n) is 5.25. The van der Waals surface area contributed by atoms with Gasteiger partial charge in [-0.3, -0.25) is 14.5 Å². The number of amides is 2. The van der Waals surface area contributed by atoms with Gasteiger partial charge in [0.25, 0.3) is 11.8 Å². The van der Waals surface area contributed by atoms with Crippen LogP contribution >= 0.6 is 0 Å². The molecule has 0 fully saturated rings. The Hall–Kier alpha value is -2.41. The van der Waals surface area contributed by atoms with Gasteiger partial charge in [0.2, 0.25) is 0 Å². The highest BCUT2D eigenvalue weighted by Gasteiger charge is 2.34.